The average Bonchev–Trinajstić information content (AvgIpc) is 3.33. The molecule has 5 rings (SSSR count). The molecule has 0 atom stereocenters. The van der Waals surface area contributed by atoms with Crippen LogP contribution >= 0.6 is 0 Å². The van der Waals surface area contributed by atoms with Crippen molar-refractivity contribution in [3.8, 4) is 5.75 Å². The molecule has 7 nitrogen and oxygen atoms in total. The van der Waals surface area contributed by atoms with E-state index in [1.165, 1.54) is 0 Å². The van der Waals surface area contributed by atoms with Crippen LogP contribution in [0.5, 0.6) is 5.75 Å². The number of aliphatic imine (C=N–C) groups is 1. The van der Waals surface area contributed by atoms with Crippen LogP contribution in [-0.2, 0) is 11.2 Å². The number of methoxy groups -OCH3 is 1. The number of ether oxygens (including phenoxy) is 2. The molecule has 0 aromatic heterocycles. The number of hydrogen-bond acceptors (Lipinski definition) is 6. The summed E-state index contributed by atoms with van der Waals surface area (Å²) in [5, 5.41) is 12.7. The molecule has 0 spiro atoms. The number of rotatable bonds is 8. The lowest BCUT2D eigenvalue weighted by Gasteiger charge is -2.31. The van der Waals surface area contributed by atoms with Crippen molar-refractivity contribution in [2.45, 2.75) is 25.4 Å². The molecule has 2 heterocycles. The fourth-order valence-electron chi connectivity index (χ4n) is 4.57. The van der Waals surface area contributed by atoms with Crippen molar-refractivity contribution in [1.29, 1.82) is 0 Å². The largest absolute Gasteiger partial charge is 0.491 e. The van der Waals surface area contributed by atoms with Gasteiger partial charge in [-0.2, -0.15) is 0 Å². The molecule has 0 unspecified atom stereocenters. The van der Waals surface area contributed by atoms with Gasteiger partial charge in [-0.3, -0.25) is 9.79 Å². The predicted molar refractivity (Wildman–Crippen MR) is 142 cm³/mol. The van der Waals surface area contributed by atoms with Crippen molar-refractivity contribution in [1.82, 2.24) is 0 Å². The highest BCUT2D eigenvalue weighted by Crippen LogP contribution is 2.32. The maximum Gasteiger partial charge on any atom is 0.255 e. The maximum absolute atomic E-state index is 12.8. The number of carbonyl (C=O) groups is 1. The summed E-state index contributed by atoms with van der Waals surface area (Å²) in [6.45, 7) is 2.76. The van der Waals surface area contributed by atoms with Crippen LogP contribution in [0, 0.1) is 0 Å². The summed E-state index contributed by atoms with van der Waals surface area (Å²) in [6, 6.07) is 21.4. The number of fused-ring (bicyclic) bond motifs is 1. The van der Waals surface area contributed by atoms with Crippen LogP contribution < -0.4 is 15.0 Å². The molecule has 1 amide bonds. The van der Waals surface area contributed by atoms with Crippen LogP contribution in [-0.4, -0.2) is 56.2 Å². The van der Waals surface area contributed by atoms with Crippen LogP contribution in [0.3, 0.4) is 0 Å². The van der Waals surface area contributed by atoms with E-state index in [4.69, 9.17) is 14.5 Å². The molecule has 36 heavy (non-hydrogen) atoms. The molecule has 7 heteroatoms. The quantitative estimate of drug-likeness (QED) is 0.456. The Morgan fingerprint density at radius 2 is 1.78 bits per heavy atom. The van der Waals surface area contributed by atoms with E-state index in [-0.39, 0.29) is 12.0 Å². The SMILES string of the molecule is COCCOc1ccc2c(c1)CC(c1ccc(C(=O)Nc3ccc(N4CCC(O)CC4)cc3)cc1)=N2. The molecule has 3 aromatic carbocycles. The Hall–Kier alpha value is -3.68. The van der Waals surface area contributed by atoms with Crippen LogP contribution in [0.2, 0.25) is 0 Å². The molecule has 0 radical (unpaired) electrons. The number of nitrogens with zero attached hydrogens (tertiary/aromatic N) is 2. The Bertz CT molecular complexity index is 1230. The molecule has 1 fully saturated rings. The van der Waals surface area contributed by atoms with Gasteiger partial charge in [0.2, 0.25) is 0 Å². The van der Waals surface area contributed by atoms with Crippen molar-refractivity contribution in [2.24, 2.45) is 4.99 Å². The first-order valence-electron chi connectivity index (χ1n) is 12.4. The fraction of sp³-hybridized carbons (Fsp3) is 0.310. The topological polar surface area (TPSA) is 83.4 Å². The summed E-state index contributed by atoms with van der Waals surface area (Å²) in [5.41, 5.74) is 6.52. The number of anilines is 2. The van der Waals surface area contributed by atoms with Crippen LogP contribution in [0.4, 0.5) is 17.1 Å². The van der Waals surface area contributed by atoms with Crippen molar-refractivity contribution in [3.63, 3.8) is 0 Å². The minimum Gasteiger partial charge on any atom is -0.491 e. The molecule has 1 saturated heterocycles. The van der Waals surface area contributed by atoms with Gasteiger partial charge in [-0.25, -0.2) is 0 Å². The number of nitrogens with one attached hydrogen (secondary N) is 1. The minimum absolute atomic E-state index is 0.148. The lowest BCUT2D eigenvalue weighted by Crippen LogP contribution is -2.35. The Labute approximate surface area is 211 Å². The van der Waals surface area contributed by atoms with Gasteiger partial charge in [0.25, 0.3) is 5.91 Å². The number of aliphatic hydroxyl groups is 1. The summed E-state index contributed by atoms with van der Waals surface area (Å²) in [5.74, 6) is 0.668. The molecule has 2 aliphatic rings. The highest BCUT2D eigenvalue weighted by atomic mass is 16.5. The molecule has 2 aliphatic heterocycles. The van der Waals surface area contributed by atoms with Crippen LogP contribution in [0.25, 0.3) is 0 Å². The van der Waals surface area contributed by atoms with Crippen molar-refractivity contribution < 1.29 is 19.4 Å². The summed E-state index contributed by atoms with van der Waals surface area (Å²) in [7, 11) is 1.66. The Morgan fingerprint density at radius 1 is 1.03 bits per heavy atom. The summed E-state index contributed by atoms with van der Waals surface area (Å²) in [4.78, 5) is 19.8. The number of piperidine rings is 1. The van der Waals surface area contributed by atoms with Gasteiger partial charge >= 0.3 is 0 Å². The monoisotopic (exact) mass is 485 g/mol. The zero-order valence-corrected chi connectivity index (χ0v) is 20.4. The van der Waals surface area contributed by atoms with Crippen molar-refractivity contribution >= 4 is 28.7 Å². The van der Waals surface area contributed by atoms with Gasteiger partial charge in [0.15, 0.2) is 0 Å². The van der Waals surface area contributed by atoms with E-state index in [9.17, 15) is 9.90 Å². The second kappa shape index (κ2) is 10.9. The van der Waals surface area contributed by atoms with E-state index >= 15 is 0 Å². The maximum atomic E-state index is 12.8. The number of carbonyl (C=O) groups excluding carboxylic acids is 1. The number of benzene rings is 3. The standard InChI is InChI=1S/C29H31N3O4/c1-35-16-17-36-26-10-11-27-22(18-26)19-28(31-27)20-2-4-21(5-3-20)29(34)30-23-6-8-24(9-7-23)32-14-12-25(33)13-15-32/h2-11,18,25,33H,12-17,19H2,1H3,(H,30,34). The fourth-order valence-corrected chi connectivity index (χ4v) is 4.57. The second-order valence-electron chi connectivity index (χ2n) is 9.16. The zero-order valence-electron chi connectivity index (χ0n) is 20.4. The van der Waals surface area contributed by atoms with E-state index in [0.717, 1.165) is 72.0 Å². The van der Waals surface area contributed by atoms with Gasteiger partial charge in [-0.1, -0.05) is 12.1 Å². The average molecular weight is 486 g/mol. The first-order valence-corrected chi connectivity index (χ1v) is 12.4. The zero-order chi connectivity index (χ0) is 24.9. The summed E-state index contributed by atoms with van der Waals surface area (Å²) in [6.07, 6.45) is 2.11. The van der Waals surface area contributed by atoms with Crippen molar-refractivity contribution in [3.05, 3.63) is 83.4 Å². The normalized spacial score (nSPS) is 15.4. The first-order chi connectivity index (χ1) is 17.6. The smallest absolute Gasteiger partial charge is 0.255 e. The van der Waals surface area contributed by atoms with Crippen molar-refractivity contribution in [2.75, 3.05) is 43.6 Å². The van der Waals surface area contributed by atoms with E-state index in [1.807, 2.05) is 66.7 Å². The second-order valence-corrected chi connectivity index (χ2v) is 9.16. The third kappa shape index (κ3) is 5.58. The molecule has 186 valence electrons. The van der Waals surface area contributed by atoms with Gasteiger partial charge in [0.05, 0.1) is 24.1 Å². The number of hydrogen-bond donors (Lipinski definition) is 2. The lowest BCUT2D eigenvalue weighted by molar-refractivity contribution is 0.102. The Balaban J connectivity index is 1.18. The number of aliphatic hydroxyl groups excluding tert-OH is 1. The minimum atomic E-state index is -0.194. The van der Waals surface area contributed by atoms with E-state index in [0.29, 0.717) is 18.8 Å². The number of amides is 1. The van der Waals surface area contributed by atoms with E-state index < -0.39 is 0 Å². The van der Waals surface area contributed by atoms with E-state index in [1.54, 1.807) is 7.11 Å². The molecule has 3 aromatic rings. The summed E-state index contributed by atoms with van der Waals surface area (Å²) >= 11 is 0. The highest BCUT2D eigenvalue weighted by Gasteiger charge is 2.19. The molecule has 0 aliphatic carbocycles. The van der Waals surface area contributed by atoms with Gasteiger partial charge < -0.3 is 24.8 Å². The Kier molecular flexibility index (Phi) is 7.30. The third-order valence-corrected chi connectivity index (χ3v) is 6.66. The lowest BCUT2D eigenvalue weighted by atomic mass is 10.0. The molecule has 0 saturated carbocycles. The molecular weight excluding hydrogens is 454 g/mol. The third-order valence-electron chi connectivity index (χ3n) is 6.66. The van der Waals surface area contributed by atoms with Gasteiger partial charge in [0.1, 0.15) is 12.4 Å². The van der Waals surface area contributed by atoms with Gasteiger partial charge in [-0.15, -0.1) is 0 Å². The predicted octanol–water partition coefficient (Wildman–Crippen LogP) is 4.60. The first kappa shape index (κ1) is 24.0. The van der Waals surface area contributed by atoms with E-state index in [2.05, 4.69) is 10.2 Å². The highest BCUT2D eigenvalue weighted by molar-refractivity contribution is 6.08. The summed E-state index contributed by atoms with van der Waals surface area (Å²) < 4.78 is 10.7. The molecular formula is C29H31N3O4. The van der Waals surface area contributed by atoms with Gasteiger partial charge in [-0.05, 0) is 78.6 Å². The Morgan fingerprint density at radius 3 is 2.50 bits per heavy atom. The van der Waals surface area contributed by atoms with Crippen LogP contribution in [0.1, 0.15) is 34.3 Å². The van der Waals surface area contributed by atoms with Gasteiger partial charge in [0, 0.05) is 43.6 Å². The molecule has 2 N–H and O–H groups in total. The molecule has 0 bridgehead atoms. The van der Waals surface area contributed by atoms with Crippen LogP contribution in [0.15, 0.2) is 71.7 Å².